The number of amides is 1. The van der Waals surface area contributed by atoms with Crippen LogP contribution in [0.3, 0.4) is 0 Å². The molecule has 0 saturated heterocycles. The summed E-state index contributed by atoms with van der Waals surface area (Å²) in [5, 5.41) is 2.66. The molecule has 5 nitrogen and oxygen atoms in total. The third-order valence-corrected chi connectivity index (χ3v) is 5.56. The van der Waals surface area contributed by atoms with Crippen molar-refractivity contribution in [2.45, 2.75) is 18.7 Å². The van der Waals surface area contributed by atoms with Crippen LogP contribution in [-0.4, -0.2) is 31.9 Å². The molecule has 4 rings (SSSR count). The van der Waals surface area contributed by atoms with Crippen LogP contribution in [0.25, 0.3) is 17.2 Å². The number of fused-ring (bicyclic) bond motifs is 3. The zero-order valence-electron chi connectivity index (χ0n) is 18.5. The van der Waals surface area contributed by atoms with E-state index in [1.165, 1.54) is 12.1 Å². The summed E-state index contributed by atoms with van der Waals surface area (Å²) in [5.41, 5.74) is 4.96. The van der Waals surface area contributed by atoms with Crippen molar-refractivity contribution in [1.82, 2.24) is 5.32 Å². The van der Waals surface area contributed by atoms with Crippen molar-refractivity contribution in [3.63, 3.8) is 0 Å². The first-order valence-corrected chi connectivity index (χ1v) is 11.0. The first-order chi connectivity index (χ1) is 16.8. The molecule has 1 N–H and O–H groups in total. The molecule has 3 aromatic carbocycles. The van der Waals surface area contributed by atoms with Crippen LogP contribution in [0.4, 0.5) is 18.0 Å². The third-order valence-electron chi connectivity index (χ3n) is 5.56. The molecule has 0 unspecified atom stereocenters. The first kappa shape index (κ1) is 24.1. The van der Waals surface area contributed by atoms with Gasteiger partial charge in [0, 0.05) is 18.0 Å². The summed E-state index contributed by atoms with van der Waals surface area (Å²) >= 11 is 0. The number of carbonyl (C=O) groups is 2. The molecule has 0 atom stereocenters. The molecular weight excluding hydrogens is 459 g/mol. The van der Waals surface area contributed by atoms with Crippen LogP contribution in [0.2, 0.25) is 0 Å². The van der Waals surface area contributed by atoms with Crippen molar-refractivity contribution < 1.29 is 32.2 Å². The predicted octanol–water partition coefficient (Wildman–Crippen LogP) is 6.34. The number of rotatable bonds is 8. The van der Waals surface area contributed by atoms with Crippen molar-refractivity contribution in [2.75, 3.05) is 13.2 Å². The Labute approximate surface area is 200 Å². The zero-order chi connectivity index (χ0) is 24.8. The van der Waals surface area contributed by atoms with E-state index in [1.54, 1.807) is 12.2 Å². The number of hydrogen-bond acceptors (Lipinski definition) is 4. The largest absolute Gasteiger partial charge is 0.573 e. The lowest BCUT2D eigenvalue weighted by Crippen LogP contribution is -2.26. The van der Waals surface area contributed by atoms with Crippen molar-refractivity contribution in [3.8, 4) is 16.9 Å². The fourth-order valence-electron chi connectivity index (χ4n) is 4.13. The minimum atomic E-state index is -4.85. The number of alkyl halides is 3. The van der Waals surface area contributed by atoms with E-state index < -0.39 is 18.2 Å². The highest BCUT2D eigenvalue weighted by Crippen LogP contribution is 2.44. The molecule has 1 amide bonds. The number of hydrogen-bond donors (Lipinski definition) is 1. The normalized spacial score (nSPS) is 12.8. The molecule has 3 aromatic rings. The van der Waals surface area contributed by atoms with E-state index in [4.69, 9.17) is 4.74 Å². The molecule has 0 heterocycles. The maximum absolute atomic E-state index is 12.5. The minimum Gasteiger partial charge on any atom is -0.449 e. The van der Waals surface area contributed by atoms with Gasteiger partial charge in [-0.2, -0.15) is 0 Å². The molecule has 1 aliphatic rings. The van der Waals surface area contributed by atoms with E-state index >= 15 is 0 Å². The minimum absolute atomic E-state index is 0.0359. The molecule has 1 aliphatic carbocycles. The highest BCUT2D eigenvalue weighted by molar-refractivity contribution is 5.79. The number of alkyl carbamates (subject to hydrolysis) is 1. The Bertz CT molecular complexity index is 1210. The maximum atomic E-state index is 12.5. The molecule has 0 saturated carbocycles. The summed E-state index contributed by atoms with van der Waals surface area (Å²) in [5.74, 6) is -0.509. The molecule has 0 aromatic heterocycles. The van der Waals surface area contributed by atoms with Gasteiger partial charge >= 0.3 is 12.5 Å². The number of halogens is 3. The van der Waals surface area contributed by atoms with E-state index in [9.17, 15) is 22.8 Å². The predicted molar refractivity (Wildman–Crippen MR) is 125 cm³/mol. The summed E-state index contributed by atoms with van der Waals surface area (Å²) in [7, 11) is 0. The smallest absolute Gasteiger partial charge is 0.449 e. The molecular formula is C27H22F3NO4. The lowest BCUT2D eigenvalue weighted by molar-refractivity contribution is -0.274. The van der Waals surface area contributed by atoms with Crippen molar-refractivity contribution in [2.24, 2.45) is 0 Å². The Kier molecular flexibility index (Phi) is 7.19. The average molecular weight is 481 g/mol. The maximum Gasteiger partial charge on any atom is 0.573 e. The van der Waals surface area contributed by atoms with Gasteiger partial charge in [-0.3, -0.25) is 4.79 Å². The Balaban J connectivity index is 1.28. The molecule has 35 heavy (non-hydrogen) atoms. The monoisotopic (exact) mass is 481 g/mol. The number of carbonyl (C=O) groups excluding carboxylic acids is 2. The molecule has 0 fully saturated rings. The van der Waals surface area contributed by atoms with E-state index in [1.807, 2.05) is 36.4 Å². The van der Waals surface area contributed by atoms with Crippen LogP contribution < -0.4 is 10.1 Å². The van der Waals surface area contributed by atoms with Crippen molar-refractivity contribution >= 4 is 18.5 Å². The fraction of sp³-hybridized carbons (Fsp3) is 0.185. The van der Waals surface area contributed by atoms with Gasteiger partial charge < -0.3 is 14.8 Å². The van der Waals surface area contributed by atoms with Gasteiger partial charge in [-0.15, -0.1) is 13.2 Å². The number of benzene rings is 3. The number of ether oxygens (including phenoxy) is 2. The standard InChI is InChI=1S/C27H22F3NO4/c28-27(29,30)35-20-14-18(13-19(15-20)16-32)7-5-6-12-31-26(33)34-17-25-23-10-3-1-8-21(23)22-9-2-4-11-24(22)25/h1-5,7-11,13-16,25H,6,12,17H2,(H,31,33). The van der Waals surface area contributed by atoms with Gasteiger partial charge in [-0.1, -0.05) is 60.7 Å². The van der Waals surface area contributed by atoms with Crippen LogP contribution in [0.1, 0.15) is 39.4 Å². The SMILES string of the molecule is O=Cc1cc(C=CCCNC(=O)OCC2c3ccccc3-c3ccccc32)cc(OC(F)(F)F)c1. The van der Waals surface area contributed by atoms with E-state index in [2.05, 4.69) is 22.2 Å². The Hall–Kier alpha value is -4.07. The van der Waals surface area contributed by atoms with Gasteiger partial charge in [0.15, 0.2) is 0 Å². The van der Waals surface area contributed by atoms with Gasteiger partial charge in [0.2, 0.25) is 0 Å². The zero-order valence-corrected chi connectivity index (χ0v) is 18.5. The first-order valence-electron chi connectivity index (χ1n) is 11.0. The Morgan fingerprint density at radius 2 is 1.57 bits per heavy atom. The van der Waals surface area contributed by atoms with E-state index in [0.29, 0.717) is 18.3 Å². The summed E-state index contributed by atoms with van der Waals surface area (Å²) in [6.07, 6.45) is -1.33. The summed E-state index contributed by atoms with van der Waals surface area (Å²) in [6.45, 7) is 0.475. The topological polar surface area (TPSA) is 64.6 Å². The van der Waals surface area contributed by atoms with Crippen LogP contribution in [0.5, 0.6) is 5.75 Å². The second-order valence-electron chi connectivity index (χ2n) is 7.94. The summed E-state index contributed by atoms with van der Waals surface area (Å²) < 4.78 is 46.7. The highest BCUT2D eigenvalue weighted by atomic mass is 19.4. The lowest BCUT2D eigenvalue weighted by Gasteiger charge is -2.14. The number of nitrogens with one attached hydrogen (secondary N) is 1. The Morgan fingerprint density at radius 3 is 2.20 bits per heavy atom. The van der Waals surface area contributed by atoms with Crippen molar-refractivity contribution in [1.29, 1.82) is 0 Å². The van der Waals surface area contributed by atoms with E-state index in [0.717, 1.165) is 28.3 Å². The molecule has 180 valence electrons. The van der Waals surface area contributed by atoms with Crippen LogP contribution in [0.15, 0.2) is 72.8 Å². The summed E-state index contributed by atoms with van der Waals surface area (Å²) in [6, 6.07) is 19.7. The van der Waals surface area contributed by atoms with Crippen LogP contribution in [-0.2, 0) is 4.74 Å². The van der Waals surface area contributed by atoms with Gasteiger partial charge in [-0.25, -0.2) is 4.79 Å². The van der Waals surface area contributed by atoms with Crippen molar-refractivity contribution in [3.05, 3.63) is 95.1 Å². The molecule has 0 spiro atoms. The van der Waals surface area contributed by atoms with Gasteiger partial charge in [0.25, 0.3) is 0 Å². The van der Waals surface area contributed by atoms with E-state index in [-0.39, 0.29) is 24.6 Å². The molecule has 0 aliphatic heterocycles. The summed E-state index contributed by atoms with van der Waals surface area (Å²) in [4.78, 5) is 23.2. The second kappa shape index (κ2) is 10.5. The number of aldehydes is 1. The Morgan fingerprint density at radius 1 is 0.943 bits per heavy atom. The van der Waals surface area contributed by atoms with Gasteiger partial charge in [0.05, 0.1) is 0 Å². The van der Waals surface area contributed by atoms with Gasteiger partial charge in [0.1, 0.15) is 18.6 Å². The quantitative estimate of drug-likeness (QED) is 0.301. The second-order valence-corrected chi connectivity index (χ2v) is 7.94. The fourth-order valence-corrected chi connectivity index (χ4v) is 4.13. The third kappa shape index (κ3) is 6.09. The molecule has 0 radical (unpaired) electrons. The van der Waals surface area contributed by atoms with Gasteiger partial charge in [-0.05, 0) is 52.4 Å². The molecule has 0 bridgehead atoms. The highest BCUT2D eigenvalue weighted by Gasteiger charge is 2.31. The van der Waals surface area contributed by atoms with Crippen LogP contribution >= 0.6 is 0 Å². The molecule has 8 heteroatoms. The van der Waals surface area contributed by atoms with Crippen LogP contribution in [0, 0.1) is 0 Å². The average Bonchev–Trinajstić information content (AvgIpc) is 3.15. The lowest BCUT2D eigenvalue weighted by atomic mass is 9.98.